The monoisotopic (exact) mass is 331 g/mol. The molecule has 4 heteroatoms. The third-order valence-electron chi connectivity index (χ3n) is 5.23. The number of rotatable bonds is 6. The van der Waals surface area contributed by atoms with Gasteiger partial charge in [0.15, 0.2) is 0 Å². The second kappa shape index (κ2) is 8.63. The summed E-state index contributed by atoms with van der Waals surface area (Å²) < 4.78 is 0. The van der Waals surface area contributed by atoms with Gasteiger partial charge in [0.25, 0.3) is 0 Å². The van der Waals surface area contributed by atoms with E-state index in [0.29, 0.717) is 17.9 Å². The maximum atomic E-state index is 12.7. The van der Waals surface area contributed by atoms with E-state index in [-0.39, 0.29) is 11.8 Å². The number of hydrogen-bond acceptors (Lipinski definition) is 3. The predicted octanol–water partition coefficient (Wildman–Crippen LogP) is 2.46. The first-order chi connectivity index (χ1) is 11.4. The summed E-state index contributed by atoms with van der Waals surface area (Å²) in [5, 5.41) is 3.11. The lowest BCUT2D eigenvalue weighted by atomic mass is 9.84. The van der Waals surface area contributed by atoms with Crippen molar-refractivity contribution >= 4 is 5.91 Å². The van der Waals surface area contributed by atoms with Crippen molar-refractivity contribution in [3.8, 4) is 0 Å². The van der Waals surface area contributed by atoms with Crippen LogP contribution < -0.4 is 5.32 Å². The minimum atomic E-state index is 0.0294. The lowest BCUT2D eigenvalue weighted by Crippen LogP contribution is -2.56. The van der Waals surface area contributed by atoms with Crippen molar-refractivity contribution in [2.24, 2.45) is 17.8 Å². The number of carbonyl (C=O) groups excluding carboxylic acids is 1. The molecule has 0 spiro atoms. The van der Waals surface area contributed by atoms with Crippen molar-refractivity contribution in [2.75, 3.05) is 33.7 Å². The van der Waals surface area contributed by atoms with Gasteiger partial charge in [-0.15, -0.1) is 0 Å². The second-order valence-corrected chi connectivity index (χ2v) is 7.53. The van der Waals surface area contributed by atoms with E-state index in [0.717, 1.165) is 26.2 Å². The van der Waals surface area contributed by atoms with E-state index < -0.39 is 0 Å². The van der Waals surface area contributed by atoms with Crippen LogP contribution in [0.1, 0.15) is 26.3 Å². The third kappa shape index (κ3) is 4.58. The lowest BCUT2D eigenvalue weighted by molar-refractivity contribution is -0.139. The number of nitrogens with zero attached hydrogens (tertiary/aromatic N) is 2. The molecule has 0 aliphatic carbocycles. The summed E-state index contributed by atoms with van der Waals surface area (Å²) in [7, 11) is 3.89. The molecule has 0 aromatic heterocycles. The molecule has 0 saturated carbocycles. The Bertz CT molecular complexity index is 507. The van der Waals surface area contributed by atoms with Gasteiger partial charge in [-0.1, -0.05) is 51.1 Å². The molecule has 1 saturated heterocycles. The van der Waals surface area contributed by atoms with E-state index in [2.05, 4.69) is 54.4 Å². The maximum absolute atomic E-state index is 12.7. The molecule has 134 valence electrons. The van der Waals surface area contributed by atoms with Gasteiger partial charge < -0.3 is 10.2 Å². The number of carbonyl (C=O) groups is 1. The predicted molar refractivity (Wildman–Crippen MR) is 99.7 cm³/mol. The van der Waals surface area contributed by atoms with E-state index >= 15 is 0 Å². The van der Waals surface area contributed by atoms with Gasteiger partial charge in [-0.2, -0.15) is 0 Å². The van der Waals surface area contributed by atoms with Crippen LogP contribution in [0.25, 0.3) is 0 Å². The van der Waals surface area contributed by atoms with Crippen LogP contribution in [0.5, 0.6) is 0 Å². The molecule has 0 radical (unpaired) electrons. The molecule has 1 heterocycles. The van der Waals surface area contributed by atoms with Crippen LogP contribution in [0, 0.1) is 17.8 Å². The van der Waals surface area contributed by atoms with Crippen LogP contribution in [0.15, 0.2) is 30.3 Å². The average Bonchev–Trinajstić information content (AvgIpc) is 2.54. The molecule has 4 nitrogen and oxygen atoms in total. The van der Waals surface area contributed by atoms with Crippen LogP contribution in [0.4, 0.5) is 0 Å². The highest BCUT2D eigenvalue weighted by molar-refractivity contribution is 5.78. The molecule has 0 bridgehead atoms. The summed E-state index contributed by atoms with van der Waals surface area (Å²) in [4.78, 5) is 17.2. The molecular weight excluding hydrogens is 298 g/mol. The number of likely N-dealkylation sites (tertiary alicyclic amines) is 1. The van der Waals surface area contributed by atoms with Crippen molar-refractivity contribution in [3.63, 3.8) is 0 Å². The minimum Gasteiger partial charge on any atom is -0.342 e. The second-order valence-electron chi connectivity index (χ2n) is 7.53. The fourth-order valence-corrected chi connectivity index (χ4v) is 4.29. The molecule has 3 unspecified atom stereocenters. The zero-order chi connectivity index (χ0) is 17.7. The van der Waals surface area contributed by atoms with Gasteiger partial charge in [0, 0.05) is 45.2 Å². The Balaban J connectivity index is 1.98. The number of hydrogen-bond donors (Lipinski definition) is 1. The fraction of sp³-hybridized carbons (Fsp3) is 0.650. The Hall–Kier alpha value is -1.39. The molecule has 1 aromatic rings. The van der Waals surface area contributed by atoms with E-state index in [1.165, 1.54) is 5.56 Å². The van der Waals surface area contributed by atoms with Gasteiger partial charge in [0.1, 0.15) is 0 Å². The van der Waals surface area contributed by atoms with Gasteiger partial charge in [-0.3, -0.25) is 9.69 Å². The number of benzene rings is 1. The first-order valence-electron chi connectivity index (χ1n) is 9.11. The summed E-state index contributed by atoms with van der Waals surface area (Å²) in [6, 6.07) is 11.0. The first-order valence-corrected chi connectivity index (χ1v) is 9.11. The van der Waals surface area contributed by atoms with Crippen LogP contribution in [0.3, 0.4) is 0 Å². The molecule has 1 N–H and O–H groups in total. The van der Waals surface area contributed by atoms with Crippen molar-refractivity contribution in [1.82, 2.24) is 15.1 Å². The van der Waals surface area contributed by atoms with Gasteiger partial charge in [-0.05, 0) is 24.4 Å². The highest BCUT2D eigenvalue weighted by atomic mass is 16.2. The molecule has 1 fully saturated rings. The van der Waals surface area contributed by atoms with Crippen molar-refractivity contribution in [1.29, 1.82) is 0 Å². The summed E-state index contributed by atoms with van der Waals surface area (Å²) in [6.45, 7) is 10.4. The van der Waals surface area contributed by atoms with Gasteiger partial charge in [0.2, 0.25) is 5.91 Å². The van der Waals surface area contributed by atoms with E-state index in [4.69, 9.17) is 0 Å². The highest BCUT2D eigenvalue weighted by Gasteiger charge is 2.37. The van der Waals surface area contributed by atoms with Crippen molar-refractivity contribution in [2.45, 2.75) is 33.4 Å². The fourth-order valence-electron chi connectivity index (χ4n) is 4.29. The number of amides is 1. The number of nitrogens with one attached hydrogen (secondary N) is 1. The molecule has 3 atom stereocenters. The normalized spacial score (nSPS) is 26.1. The molecule has 1 aliphatic heterocycles. The Morgan fingerprint density at radius 3 is 2.38 bits per heavy atom. The standard InChI is InChI=1S/C20H33N3O/c1-15(11-21-4)20(24)22(5)19-16(2)12-23(13-17(19)3)14-18-9-7-6-8-10-18/h6-10,15-17,19,21H,11-14H2,1-5H3. The quantitative estimate of drug-likeness (QED) is 0.870. The number of piperidine rings is 1. The summed E-state index contributed by atoms with van der Waals surface area (Å²) >= 11 is 0. The first kappa shape index (κ1) is 18.9. The Morgan fingerprint density at radius 2 is 1.83 bits per heavy atom. The van der Waals surface area contributed by atoms with E-state index in [9.17, 15) is 4.79 Å². The maximum Gasteiger partial charge on any atom is 0.226 e. The van der Waals surface area contributed by atoms with Gasteiger partial charge >= 0.3 is 0 Å². The van der Waals surface area contributed by atoms with Gasteiger partial charge in [-0.25, -0.2) is 0 Å². The Morgan fingerprint density at radius 1 is 1.25 bits per heavy atom. The topological polar surface area (TPSA) is 35.6 Å². The Kier molecular flexibility index (Phi) is 6.81. The summed E-state index contributed by atoms with van der Waals surface area (Å²) in [5.41, 5.74) is 1.36. The molecule has 1 amide bonds. The molecule has 24 heavy (non-hydrogen) atoms. The zero-order valence-corrected chi connectivity index (χ0v) is 15.8. The van der Waals surface area contributed by atoms with Gasteiger partial charge in [0.05, 0.1) is 0 Å². The van der Waals surface area contributed by atoms with Crippen LogP contribution in [-0.4, -0.2) is 55.5 Å². The van der Waals surface area contributed by atoms with Crippen LogP contribution in [0.2, 0.25) is 0 Å². The van der Waals surface area contributed by atoms with E-state index in [1.54, 1.807) is 0 Å². The molecule has 1 aliphatic rings. The van der Waals surface area contributed by atoms with E-state index in [1.807, 2.05) is 25.9 Å². The Labute approximate surface area is 147 Å². The molecule has 2 rings (SSSR count). The van der Waals surface area contributed by atoms with Crippen molar-refractivity contribution < 1.29 is 4.79 Å². The largest absolute Gasteiger partial charge is 0.342 e. The zero-order valence-electron chi connectivity index (χ0n) is 15.8. The highest BCUT2D eigenvalue weighted by Crippen LogP contribution is 2.28. The average molecular weight is 332 g/mol. The van der Waals surface area contributed by atoms with Crippen LogP contribution >= 0.6 is 0 Å². The smallest absolute Gasteiger partial charge is 0.226 e. The molecule has 1 aromatic carbocycles. The lowest BCUT2D eigenvalue weighted by Gasteiger charge is -2.46. The van der Waals surface area contributed by atoms with Crippen LogP contribution in [-0.2, 0) is 11.3 Å². The SMILES string of the molecule is CNCC(C)C(=O)N(C)C1C(C)CN(Cc2ccccc2)CC1C. The molecular formula is C20H33N3O. The van der Waals surface area contributed by atoms with Crippen molar-refractivity contribution in [3.05, 3.63) is 35.9 Å². The minimum absolute atomic E-state index is 0.0294. The third-order valence-corrected chi connectivity index (χ3v) is 5.23. The summed E-state index contributed by atoms with van der Waals surface area (Å²) in [6.07, 6.45) is 0. The summed E-state index contributed by atoms with van der Waals surface area (Å²) in [5.74, 6) is 1.24.